The van der Waals surface area contributed by atoms with E-state index in [0.29, 0.717) is 26.2 Å². The van der Waals surface area contributed by atoms with E-state index in [4.69, 9.17) is 4.74 Å². The van der Waals surface area contributed by atoms with Gasteiger partial charge in [0.15, 0.2) is 11.5 Å². The molecule has 0 spiro atoms. The third kappa shape index (κ3) is 6.04. The first kappa shape index (κ1) is 24.5. The van der Waals surface area contributed by atoms with Crippen molar-refractivity contribution in [2.24, 2.45) is 0 Å². The van der Waals surface area contributed by atoms with E-state index < -0.39 is 35.0 Å². The summed E-state index contributed by atoms with van der Waals surface area (Å²) in [6.45, 7) is 1.68. The number of phenolic OH excluding ortho intramolecular Hbond substituents is 1. The summed E-state index contributed by atoms with van der Waals surface area (Å²) in [5.41, 5.74) is -0.581. The van der Waals surface area contributed by atoms with E-state index in [1.54, 1.807) is 4.90 Å². The summed E-state index contributed by atoms with van der Waals surface area (Å²) in [6.07, 6.45) is -5.70. The molecule has 0 aromatic heterocycles. The molecule has 1 saturated heterocycles. The van der Waals surface area contributed by atoms with Gasteiger partial charge >= 0.3 is 6.18 Å². The molecule has 26 heavy (non-hydrogen) atoms. The topological polar surface area (TPSA) is 87.9 Å². The Morgan fingerprint density at radius 1 is 1.35 bits per heavy atom. The SMILES string of the molecule is COc1cc([N+](=O)[O-])cc([C@H](CC(F)(F)F)N2CCNCC2)c1O.Cl.Cl. The highest BCUT2D eigenvalue weighted by Gasteiger charge is 2.38. The molecular weight excluding hydrogens is 402 g/mol. The predicted octanol–water partition coefficient (Wildman–Crippen LogP) is 3.05. The number of nitrogens with zero attached hydrogens (tertiary/aromatic N) is 2. The molecule has 1 aromatic carbocycles. The lowest BCUT2D eigenvalue weighted by atomic mass is 9.98. The molecule has 0 unspecified atom stereocenters. The standard InChI is InChI=1S/C14H18F3N3O4.2ClH/c1-24-12-7-9(20(22)23)6-10(13(12)21)11(8-14(15,16)17)19-4-2-18-3-5-19;;/h6-7,11,18,21H,2-5,8H2,1H3;2*1H/t11-;;/m0../s1. The highest BCUT2D eigenvalue weighted by atomic mass is 35.5. The van der Waals surface area contributed by atoms with Gasteiger partial charge in [0, 0.05) is 43.9 Å². The maximum absolute atomic E-state index is 13.0. The van der Waals surface area contributed by atoms with Crippen LogP contribution in [0.1, 0.15) is 18.0 Å². The van der Waals surface area contributed by atoms with Crippen LogP contribution in [0.5, 0.6) is 11.5 Å². The number of nitro benzene ring substituents is 1. The van der Waals surface area contributed by atoms with E-state index in [2.05, 4.69) is 5.32 Å². The second-order valence-corrected chi connectivity index (χ2v) is 5.46. The molecule has 150 valence electrons. The average Bonchev–Trinajstić information content (AvgIpc) is 2.53. The number of halogens is 5. The van der Waals surface area contributed by atoms with Gasteiger partial charge in [-0.05, 0) is 0 Å². The number of nitro groups is 1. The summed E-state index contributed by atoms with van der Waals surface area (Å²) in [6, 6.07) is 0.748. The summed E-state index contributed by atoms with van der Waals surface area (Å²) in [5.74, 6) is -0.725. The highest BCUT2D eigenvalue weighted by molar-refractivity contribution is 5.85. The minimum Gasteiger partial charge on any atom is -0.504 e. The lowest BCUT2D eigenvalue weighted by molar-refractivity contribution is -0.385. The summed E-state index contributed by atoms with van der Waals surface area (Å²) in [7, 11) is 1.19. The molecule has 1 atom stereocenters. The number of alkyl halides is 3. The number of benzene rings is 1. The summed E-state index contributed by atoms with van der Waals surface area (Å²) in [4.78, 5) is 11.9. The van der Waals surface area contributed by atoms with Gasteiger partial charge in [-0.2, -0.15) is 13.2 Å². The maximum Gasteiger partial charge on any atom is 0.390 e. The van der Waals surface area contributed by atoms with Crippen LogP contribution in [-0.2, 0) is 0 Å². The zero-order valence-corrected chi connectivity index (χ0v) is 15.4. The third-order valence-electron chi connectivity index (χ3n) is 3.90. The average molecular weight is 422 g/mol. The molecule has 0 saturated carbocycles. The van der Waals surface area contributed by atoms with Crippen molar-refractivity contribution in [3.63, 3.8) is 0 Å². The van der Waals surface area contributed by atoms with Gasteiger partial charge in [-0.1, -0.05) is 0 Å². The molecule has 0 radical (unpaired) electrons. The van der Waals surface area contributed by atoms with Crippen LogP contribution >= 0.6 is 24.8 Å². The molecule has 1 heterocycles. The molecule has 0 amide bonds. The number of nitrogens with one attached hydrogen (secondary N) is 1. The predicted molar refractivity (Wildman–Crippen MR) is 93.7 cm³/mol. The van der Waals surface area contributed by atoms with Gasteiger partial charge in [-0.3, -0.25) is 15.0 Å². The normalized spacial score (nSPS) is 16.2. The van der Waals surface area contributed by atoms with Crippen LogP contribution in [0.2, 0.25) is 0 Å². The molecule has 2 N–H and O–H groups in total. The first-order valence-corrected chi connectivity index (χ1v) is 7.29. The smallest absolute Gasteiger partial charge is 0.390 e. The number of methoxy groups -OCH3 is 1. The molecular formula is C14H20Cl2F3N3O4. The Bertz CT molecular complexity index is 614. The number of rotatable bonds is 5. The van der Waals surface area contributed by atoms with Gasteiger partial charge in [-0.15, -0.1) is 24.8 Å². The van der Waals surface area contributed by atoms with Crippen LogP contribution in [0.3, 0.4) is 0 Å². The second-order valence-electron chi connectivity index (χ2n) is 5.46. The second kappa shape index (κ2) is 10.0. The van der Waals surface area contributed by atoms with E-state index >= 15 is 0 Å². The third-order valence-corrected chi connectivity index (χ3v) is 3.90. The Morgan fingerprint density at radius 2 is 1.92 bits per heavy atom. The molecule has 7 nitrogen and oxygen atoms in total. The van der Waals surface area contributed by atoms with Crippen molar-refractivity contribution in [2.45, 2.75) is 18.6 Å². The monoisotopic (exact) mass is 421 g/mol. The van der Waals surface area contributed by atoms with Crippen LogP contribution in [0.25, 0.3) is 0 Å². The summed E-state index contributed by atoms with van der Waals surface area (Å²) >= 11 is 0. The van der Waals surface area contributed by atoms with Crippen LogP contribution in [-0.4, -0.2) is 54.4 Å². The van der Waals surface area contributed by atoms with E-state index in [-0.39, 0.29) is 36.1 Å². The minimum absolute atomic E-state index is 0. The quantitative estimate of drug-likeness (QED) is 0.561. The van der Waals surface area contributed by atoms with Crippen molar-refractivity contribution in [1.82, 2.24) is 10.2 Å². The van der Waals surface area contributed by atoms with Crippen molar-refractivity contribution in [3.05, 3.63) is 27.8 Å². The fourth-order valence-corrected chi connectivity index (χ4v) is 2.78. The number of hydrogen-bond acceptors (Lipinski definition) is 6. The van der Waals surface area contributed by atoms with E-state index in [9.17, 15) is 28.4 Å². The van der Waals surface area contributed by atoms with Crippen molar-refractivity contribution in [3.8, 4) is 11.5 Å². The molecule has 1 aromatic rings. The fraction of sp³-hybridized carbons (Fsp3) is 0.571. The van der Waals surface area contributed by atoms with Crippen molar-refractivity contribution >= 4 is 30.5 Å². The van der Waals surface area contributed by atoms with Gasteiger partial charge in [0.1, 0.15) is 0 Å². The van der Waals surface area contributed by atoms with Gasteiger partial charge < -0.3 is 15.2 Å². The van der Waals surface area contributed by atoms with Crippen LogP contribution in [0.4, 0.5) is 18.9 Å². The number of phenols is 1. The molecule has 1 aliphatic heterocycles. The Balaban J connectivity index is 0.00000312. The number of non-ortho nitro benzene ring substituents is 1. The van der Waals surface area contributed by atoms with Crippen molar-refractivity contribution in [1.29, 1.82) is 0 Å². The zero-order valence-electron chi connectivity index (χ0n) is 13.8. The minimum atomic E-state index is -4.49. The van der Waals surface area contributed by atoms with E-state index in [0.717, 1.165) is 12.1 Å². The molecule has 2 rings (SSSR count). The Hall–Kier alpha value is -1.49. The van der Waals surface area contributed by atoms with Gasteiger partial charge in [0.2, 0.25) is 0 Å². The van der Waals surface area contributed by atoms with Crippen LogP contribution in [0, 0.1) is 10.1 Å². The number of ether oxygens (including phenoxy) is 1. The Labute approximate surface area is 160 Å². The molecule has 0 bridgehead atoms. The first-order valence-electron chi connectivity index (χ1n) is 7.29. The molecule has 1 aliphatic rings. The summed E-state index contributed by atoms with van der Waals surface area (Å²) < 4.78 is 44.0. The lowest BCUT2D eigenvalue weighted by Crippen LogP contribution is -2.46. The molecule has 0 aliphatic carbocycles. The van der Waals surface area contributed by atoms with Gasteiger partial charge in [0.25, 0.3) is 5.69 Å². The fourth-order valence-electron chi connectivity index (χ4n) is 2.78. The first-order chi connectivity index (χ1) is 11.2. The largest absolute Gasteiger partial charge is 0.504 e. The zero-order chi connectivity index (χ0) is 17.9. The Morgan fingerprint density at radius 3 is 2.38 bits per heavy atom. The van der Waals surface area contributed by atoms with E-state index in [1.165, 1.54) is 7.11 Å². The number of aromatic hydroxyl groups is 1. The Kier molecular flexibility index (Phi) is 9.43. The highest BCUT2D eigenvalue weighted by Crippen LogP contribution is 2.43. The van der Waals surface area contributed by atoms with Gasteiger partial charge in [0.05, 0.1) is 24.5 Å². The van der Waals surface area contributed by atoms with Crippen molar-refractivity contribution in [2.75, 3.05) is 33.3 Å². The summed E-state index contributed by atoms with van der Waals surface area (Å²) in [5, 5.41) is 24.3. The molecule has 1 fully saturated rings. The lowest BCUT2D eigenvalue weighted by Gasteiger charge is -2.35. The van der Waals surface area contributed by atoms with Crippen LogP contribution < -0.4 is 10.1 Å². The van der Waals surface area contributed by atoms with Crippen molar-refractivity contribution < 1.29 is 27.9 Å². The van der Waals surface area contributed by atoms with Crippen LogP contribution in [0.15, 0.2) is 12.1 Å². The van der Waals surface area contributed by atoms with E-state index in [1.807, 2.05) is 0 Å². The maximum atomic E-state index is 13.0. The number of hydrogen-bond donors (Lipinski definition) is 2. The van der Waals surface area contributed by atoms with Gasteiger partial charge in [-0.25, -0.2) is 0 Å². The number of piperazine rings is 1. The molecule has 12 heteroatoms.